The molecule has 2 nitrogen and oxygen atoms in total. The van der Waals surface area contributed by atoms with E-state index in [1.165, 1.54) is 11.3 Å². The molecule has 0 aromatic heterocycles. The molecule has 2 N–H and O–H groups in total. The molecule has 0 aliphatic carbocycles. The predicted octanol–water partition coefficient (Wildman–Crippen LogP) is 2.30. The zero-order valence-electron chi connectivity index (χ0n) is 8.76. The number of nitrogens with two attached hydrogens (primary N) is 1. The maximum atomic E-state index is 6.14. The summed E-state index contributed by atoms with van der Waals surface area (Å²) in [5.41, 5.74) is 7.88. The molecule has 0 fully saturated rings. The fourth-order valence-corrected chi connectivity index (χ4v) is 1.76. The highest BCUT2D eigenvalue weighted by Crippen LogP contribution is 2.27. The third kappa shape index (κ3) is 2.63. The van der Waals surface area contributed by atoms with Gasteiger partial charge in [-0.1, -0.05) is 17.7 Å². The summed E-state index contributed by atoms with van der Waals surface area (Å²) in [6, 6.07) is 5.99. The number of hydrogen-bond acceptors (Lipinski definition) is 2. The Morgan fingerprint density at radius 2 is 2.07 bits per heavy atom. The Kier molecular flexibility index (Phi) is 4.23. The van der Waals surface area contributed by atoms with E-state index in [1.807, 2.05) is 26.2 Å². The molecule has 0 unspecified atom stereocenters. The van der Waals surface area contributed by atoms with Crippen LogP contribution in [0.1, 0.15) is 12.0 Å². The minimum Gasteiger partial charge on any atom is -0.377 e. The van der Waals surface area contributed by atoms with Gasteiger partial charge in [-0.05, 0) is 37.1 Å². The van der Waals surface area contributed by atoms with E-state index in [-0.39, 0.29) is 0 Å². The molecule has 0 saturated heterocycles. The second-order valence-electron chi connectivity index (χ2n) is 3.52. The smallest absolute Gasteiger partial charge is 0.0458 e. The number of hydrogen-bond donors (Lipinski definition) is 1. The van der Waals surface area contributed by atoms with Crippen molar-refractivity contribution in [1.82, 2.24) is 0 Å². The molecule has 0 spiro atoms. The number of nitrogens with zero attached hydrogens (tertiary/aromatic N) is 1. The topological polar surface area (TPSA) is 29.3 Å². The van der Waals surface area contributed by atoms with Crippen molar-refractivity contribution in [2.45, 2.75) is 12.8 Å². The van der Waals surface area contributed by atoms with Crippen LogP contribution in [0.15, 0.2) is 18.2 Å². The summed E-state index contributed by atoms with van der Waals surface area (Å²) in [5.74, 6) is 0. The van der Waals surface area contributed by atoms with Gasteiger partial charge in [0.05, 0.1) is 0 Å². The van der Waals surface area contributed by atoms with E-state index < -0.39 is 0 Å². The first kappa shape index (κ1) is 11.3. The first-order valence-electron chi connectivity index (χ1n) is 4.81. The lowest BCUT2D eigenvalue weighted by molar-refractivity contribution is 0.829. The summed E-state index contributed by atoms with van der Waals surface area (Å²) in [7, 11) is 4.05. The van der Waals surface area contributed by atoms with E-state index in [9.17, 15) is 0 Å². The Morgan fingerprint density at radius 1 is 1.36 bits per heavy atom. The summed E-state index contributed by atoms with van der Waals surface area (Å²) in [6.45, 7) is 0.706. The van der Waals surface area contributed by atoms with Crippen LogP contribution >= 0.6 is 11.6 Å². The molecular formula is C11H17ClN2. The zero-order valence-corrected chi connectivity index (χ0v) is 9.51. The summed E-state index contributed by atoms with van der Waals surface area (Å²) in [5, 5.41) is 0.838. The SMILES string of the molecule is CN(C)c1cccc(Cl)c1CCCN. The minimum absolute atomic E-state index is 0.706. The second-order valence-corrected chi connectivity index (χ2v) is 3.93. The van der Waals surface area contributed by atoms with E-state index in [4.69, 9.17) is 17.3 Å². The lowest BCUT2D eigenvalue weighted by Gasteiger charge is -2.18. The monoisotopic (exact) mass is 212 g/mol. The molecular weight excluding hydrogens is 196 g/mol. The van der Waals surface area contributed by atoms with Crippen LogP contribution in [0.3, 0.4) is 0 Å². The minimum atomic E-state index is 0.706. The average Bonchev–Trinajstić information content (AvgIpc) is 2.15. The lowest BCUT2D eigenvalue weighted by atomic mass is 10.1. The van der Waals surface area contributed by atoms with Crippen LogP contribution < -0.4 is 10.6 Å². The van der Waals surface area contributed by atoms with Crippen LogP contribution in [0.25, 0.3) is 0 Å². The molecule has 0 bridgehead atoms. The molecule has 0 aliphatic heterocycles. The fourth-order valence-electron chi connectivity index (χ4n) is 1.49. The van der Waals surface area contributed by atoms with Crippen LogP contribution in [0.4, 0.5) is 5.69 Å². The number of rotatable bonds is 4. The first-order chi connectivity index (χ1) is 6.66. The second kappa shape index (κ2) is 5.23. The van der Waals surface area contributed by atoms with E-state index in [0.717, 1.165) is 17.9 Å². The Hall–Kier alpha value is -0.730. The van der Waals surface area contributed by atoms with Gasteiger partial charge in [0.2, 0.25) is 0 Å². The summed E-state index contributed by atoms with van der Waals surface area (Å²) in [6.07, 6.45) is 1.92. The van der Waals surface area contributed by atoms with Gasteiger partial charge in [0.1, 0.15) is 0 Å². The molecule has 78 valence electrons. The Balaban J connectivity index is 2.96. The molecule has 3 heteroatoms. The van der Waals surface area contributed by atoms with Crippen molar-refractivity contribution in [3.05, 3.63) is 28.8 Å². The van der Waals surface area contributed by atoms with Crippen LogP contribution in [0.2, 0.25) is 5.02 Å². The average molecular weight is 213 g/mol. The van der Waals surface area contributed by atoms with Crippen LogP contribution in [0.5, 0.6) is 0 Å². The molecule has 14 heavy (non-hydrogen) atoms. The van der Waals surface area contributed by atoms with Gasteiger partial charge in [-0.2, -0.15) is 0 Å². The maximum absolute atomic E-state index is 6.14. The van der Waals surface area contributed by atoms with E-state index in [1.54, 1.807) is 0 Å². The molecule has 0 radical (unpaired) electrons. The Bertz CT molecular complexity index is 297. The number of benzene rings is 1. The van der Waals surface area contributed by atoms with E-state index in [0.29, 0.717) is 6.54 Å². The largest absolute Gasteiger partial charge is 0.377 e. The van der Waals surface area contributed by atoms with Crippen LogP contribution in [-0.4, -0.2) is 20.6 Å². The summed E-state index contributed by atoms with van der Waals surface area (Å²) < 4.78 is 0. The van der Waals surface area contributed by atoms with Crippen molar-refractivity contribution in [3.8, 4) is 0 Å². The van der Waals surface area contributed by atoms with Crippen LogP contribution in [0, 0.1) is 0 Å². The van der Waals surface area contributed by atoms with Crippen LogP contribution in [-0.2, 0) is 6.42 Å². The van der Waals surface area contributed by atoms with Crippen molar-refractivity contribution in [3.63, 3.8) is 0 Å². The third-order valence-corrected chi connectivity index (χ3v) is 2.56. The Morgan fingerprint density at radius 3 is 2.64 bits per heavy atom. The quantitative estimate of drug-likeness (QED) is 0.830. The highest BCUT2D eigenvalue weighted by molar-refractivity contribution is 6.31. The predicted molar refractivity (Wildman–Crippen MR) is 63.2 cm³/mol. The van der Waals surface area contributed by atoms with E-state index in [2.05, 4.69) is 11.0 Å². The number of halogens is 1. The molecule has 0 heterocycles. The molecule has 0 aliphatic rings. The van der Waals surface area contributed by atoms with Crippen molar-refractivity contribution in [1.29, 1.82) is 0 Å². The maximum Gasteiger partial charge on any atom is 0.0458 e. The van der Waals surface area contributed by atoms with Crippen molar-refractivity contribution >= 4 is 17.3 Å². The van der Waals surface area contributed by atoms with Gasteiger partial charge in [-0.15, -0.1) is 0 Å². The highest BCUT2D eigenvalue weighted by Gasteiger charge is 2.07. The van der Waals surface area contributed by atoms with Gasteiger partial charge in [0.15, 0.2) is 0 Å². The van der Waals surface area contributed by atoms with Crippen molar-refractivity contribution in [2.75, 3.05) is 25.5 Å². The van der Waals surface area contributed by atoms with Gasteiger partial charge < -0.3 is 10.6 Å². The molecule has 0 saturated carbocycles. The van der Waals surface area contributed by atoms with Gasteiger partial charge in [-0.25, -0.2) is 0 Å². The molecule has 0 amide bonds. The first-order valence-corrected chi connectivity index (χ1v) is 5.19. The third-order valence-electron chi connectivity index (χ3n) is 2.21. The van der Waals surface area contributed by atoms with Crippen molar-refractivity contribution in [2.24, 2.45) is 5.73 Å². The normalized spacial score (nSPS) is 10.3. The lowest BCUT2D eigenvalue weighted by Crippen LogP contribution is -2.12. The molecule has 1 aromatic carbocycles. The summed E-state index contributed by atoms with van der Waals surface area (Å²) >= 11 is 6.14. The van der Waals surface area contributed by atoms with Gasteiger partial charge in [0, 0.05) is 24.8 Å². The molecule has 1 aromatic rings. The molecule has 1 rings (SSSR count). The standard InChI is InChI=1S/C11H17ClN2/c1-14(2)11-7-3-6-10(12)9(11)5-4-8-13/h3,6-7H,4-5,8,13H2,1-2H3. The molecule has 0 atom stereocenters. The van der Waals surface area contributed by atoms with Crippen molar-refractivity contribution < 1.29 is 0 Å². The Labute approximate surface area is 90.7 Å². The fraction of sp³-hybridized carbons (Fsp3) is 0.455. The van der Waals surface area contributed by atoms with Gasteiger partial charge >= 0.3 is 0 Å². The van der Waals surface area contributed by atoms with Gasteiger partial charge in [0.25, 0.3) is 0 Å². The summed E-state index contributed by atoms with van der Waals surface area (Å²) in [4.78, 5) is 2.08. The van der Waals surface area contributed by atoms with Gasteiger partial charge in [-0.3, -0.25) is 0 Å². The highest BCUT2D eigenvalue weighted by atomic mass is 35.5. The number of anilines is 1. The van der Waals surface area contributed by atoms with E-state index >= 15 is 0 Å². The zero-order chi connectivity index (χ0) is 10.6.